The summed E-state index contributed by atoms with van der Waals surface area (Å²) in [5.74, 6) is 2.64. The SMILES string of the molecule is CCN(Cc1ccc(OCC2(C)CCN(C)CC2)cc1)c1cc(OC)ccc1C1CCc2cc(O)ccc2C1. The summed E-state index contributed by atoms with van der Waals surface area (Å²) in [4.78, 5) is 4.86. The van der Waals surface area contributed by atoms with Crippen LogP contribution in [0.2, 0.25) is 0 Å². The van der Waals surface area contributed by atoms with Crippen LogP contribution in [0.3, 0.4) is 0 Å². The third-order valence-corrected chi connectivity index (χ3v) is 8.90. The van der Waals surface area contributed by atoms with Crippen LogP contribution in [0.25, 0.3) is 0 Å². The van der Waals surface area contributed by atoms with Crippen LogP contribution in [0.1, 0.15) is 61.3 Å². The van der Waals surface area contributed by atoms with Gasteiger partial charge in [0.2, 0.25) is 0 Å². The number of piperidine rings is 1. The summed E-state index contributed by atoms with van der Waals surface area (Å²) < 4.78 is 11.9. The predicted molar refractivity (Wildman–Crippen MR) is 159 cm³/mol. The van der Waals surface area contributed by atoms with Crippen molar-refractivity contribution in [2.24, 2.45) is 5.41 Å². The molecule has 1 saturated heterocycles. The number of aryl methyl sites for hydroxylation is 1. The summed E-state index contributed by atoms with van der Waals surface area (Å²) in [5.41, 5.74) is 6.78. The number of rotatable bonds is 9. The number of hydrogen-bond donors (Lipinski definition) is 1. The standard InChI is InChI=1S/C34H44N2O3/c1-5-36(23-25-6-12-30(13-7-25)39-24-34(2)16-18-35(3)19-17-34)33-22-31(38-4)14-15-32(33)28-9-8-27-21-29(37)11-10-26(27)20-28/h6-7,10-15,21-22,28,37H,5,8-9,16-20,23-24H2,1-4H3. The third-order valence-electron chi connectivity index (χ3n) is 8.90. The molecule has 1 atom stereocenters. The summed E-state index contributed by atoms with van der Waals surface area (Å²) in [7, 11) is 3.94. The number of likely N-dealkylation sites (tertiary alicyclic amines) is 1. The monoisotopic (exact) mass is 528 g/mol. The van der Waals surface area contributed by atoms with Crippen LogP contribution in [0.4, 0.5) is 5.69 Å². The van der Waals surface area contributed by atoms with E-state index in [1.54, 1.807) is 7.11 Å². The molecule has 1 fully saturated rings. The van der Waals surface area contributed by atoms with Gasteiger partial charge in [-0.3, -0.25) is 0 Å². The first kappa shape index (κ1) is 27.4. The first-order chi connectivity index (χ1) is 18.9. The molecule has 3 aromatic carbocycles. The van der Waals surface area contributed by atoms with Crippen LogP contribution in [0.5, 0.6) is 17.2 Å². The molecular weight excluding hydrogens is 484 g/mol. The Balaban J connectivity index is 1.30. The van der Waals surface area contributed by atoms with Gasteiger partial charge in [-0.15, -0.1) is 0 Å². The van der Waals surface area contributed by atoms with Crippen LogP contribution >= 0.6 is 0 Å². The molecule has 5 heteroatoms. The minimum Gasteiger partial charge on any atom is -0.508 e. The number of aromatic hydroxyl groups is 1. The van der Waals surface area contributed by atoms with Gasteiger partial charge in [-0.1, -0.05) is 31.2 Å². The zero-order valence-electron chi connectivity index (χ0n) is 24.1. The Morgan fingerprint density at radius 2 is 1.72 bits per heavy atom. The van der Waals surface area contributed by atoms with Crippen molar-refractivity contribution >= 4 is 5.69 Å². The number of methoxy groups -OCH3 is 1. The second kappa shape index (κ2) is 11.9. The highest BCUT2D eigenvalue weighted by Gasteiger charge is 2.30. The Morgan fingerprint density at radius 3 is 2.44 bits per heavy atom. The van der Waals surface area contributed by atoms with Crippen LogP contribution in [0.15, 0.2) is 60.7 Å². The van der Waals surface area contributed by atoms with Gasteiger partial charge in [0.1, 0.15) is 17.2 Å². The van der Waals surface area contributed by atoms with Crippen molar-refractivity contribution in [1.82, 2.24) is 4.90 Å². The fourth-order valence-electron chi connectivity index (χ4n) is 6.12. The summed E-state index contributed by atoms with van der Waals surface area (Å²) in [5, 5.41) is 9.91. The number of fused-ring (bicyclic) bond motifs is 1. The molecule has 5 rings (SSSR count). The highest BCUT2D eigenvalue weighted by molar-refractivity contribution is 5.60. The summed E-state index contributed by atoms with van der Waals surface area (Å²) >= 11 is 0. The fraction of sp³-hybridized carbons (Fsp3) is 0.471. The van der Waals surface area contributed by atoms with E-state index in [4.69, 9.17) is 9.47 Å². The second-order valence-corrected chi connectivity index (χ2v) is 11.9. The Hall–Kier alpha value is -3.18. The van der Waals surface area contributed by atoms with E-state index in [1.807, 2.05) is 12.1 Å². The van der Waals surface area contributed by atoms with E-state index in [2.05, 4.69) is 79.2 Å². The topological polar surface area (TPSA) is 45.2 Å². The lowest BCUT2D eigenvalue weighted by atomic mass is 9.79. The number of anilines is 1. The smallest absolute Gasteiger partial charge is 0.120 e. The molecule has 3 aromatic rings. The largest absolute Gasteiger partial charge is 0.508 e. The summed E-state index contributed by atoms with van der Waals surface area (Å²) in [6.07, 6.45) is 5.43. The maximum absolute atomic E-state index is 9.91. The molecule has 2 aliphatic rings. The Labute approximate surface area is 234 Å². The van der Waals surface area contributed by atoms with Crippen molar-refractivity contribution < 1.29 is 14.6 Å². The molecule has 0 aromatic heterocycles. The van der Waals surface area contributed by atoms with Gasteiger partial charge >= 0.3 is 0 Å². The molecule has 0 saturated carbocycles. The van der Waals surface area contributed by atoms with Gasteiger partial charge in [0.15, 0.2) is 0 Å². The van der Waals surface area contributed by atoms with Gasteiger partial charge < -0.3 is 24.4 Å². The molecule has 1 aliphatic heterocycles. The molecule has 208 valence electrons. The van der Waals surface area contributed by atoms with E-state index in [1.165, 1.54) is 40.8 Å². The van der Waals surface area contributed by atoms with E-state index in [-0.39, 0.29) is 5.41 Å². The van der Waals surface area contributed by atoms with Gasteiger partial charge in [-0.25, -0.2) is 0 Å². The molecule has 0 spiro atoms. The molecule has 0 radical (unpaired) electrons. The van der Waals surface area contributed by atoms with E-state index in [9.17, 15) is 5.11 Å². The number of nitrogens with zero attached hydrogens (tertiary/aromatic N) is 2. The predicted octanol–water partition coefficient (Wildman–Crippen LogP) is 6.81. The van der Waals surface area contributed by atoms with Crippen LogP contribution in [-0.2, 0) is 19.4 Å². The average molecular weight is 529 g/mol. The third kappa shape index (κ3) is 6.52. The van der Waals surface area contributed by atoms with Crippen molar-refractivity contribution in [3.8, 4) is 17.2 Å². The number of phenols is 1. The van der Waals surface area contributed by atoms with Crippen molar-refractivity contribution in [2.45, 2.75) is 58.4 Å². The van der Waals surface area contributed by atoms with Gasteiger partial charge in [-0.2, -0.15) is 0 Å². The van der Waals surface area contributed by atoms with Crippen LogP contribution in [0, 0.1) is 5.41 Å². The molecule has 1 aliphatic carbocycles. The second-order valence-electron chi connectivity index (χ2n) is 11.9. The molecule has 39 heavy (non-hydrogen) atoms. The lowest BCUT2D eigenvalue weighted by Crippen LogP contribution is -2.39. The Morgan fingerprint density at radius 1 is 0.974 bits per heavy atom. The van der Waals surface area contributed by atoms with Gasteiger partial charge in [0.05, 0.1) is 13.7 Å². The maximum Gasteiger partial charge on any atom is 0.120 e. The van der Waals surface area contributed by atoms with E-state index in [0.717, 1.165) is 63.5 Å². The van der Waals surface area contributed by atoms with Gasteiger partial charge in [0, 0.05) is 30.3 Å². The van der Waals surface area contributed by atoms with Crippen molar-refractivity contribution in [3.05, 3.63) is 82.9 Å². The average Bonchev–Trinajstić information content (AvgIpc) is 2.96. The summed E-state index contributed by atoms with van der Waals surface area (Å²) in [6.45, 7) is 9.39. The molecule has 0 bridgehead atoms. The molecular formula is C34H44N2O3. The number of ether oxygens (including phenoxy) is 2. The molecule has 0 amide bonds. The van der Waals surface area contributed by atoms with Gasteiger partial charge in [0.25, 0.3) is 0 Å². The van der Waals surface area contributed by atoms with Crippen LogP contribution in [-0.4, -0.2) is 50.4 Å². The van der Waals surface area contributed by atoms with E-state index < -0.39 is 0 Å². The molecule has 1 heterocycles. The zero-order chi connectivity index (χ0) is 27.4. The van der Waals surface area contributed by atoms with Crippen molar-refractivity contribution in [3.63, 3.8) is 0 Å². The number of hydrogen-bond acceptors (Lipinski definition) is 5. The first-order valence-electron chi connectivity index (χ1n) is 14.5. The highest BCUT2D eigenvalue weighted by Crippen LogP contribution is 2.40. The lowest BCUT2D eigenvalue weighted by molar-refractivity contribution is 0.0803. The molecule has 1 unspecified atom stereocenters. The number of benzene rings is 3. The lowest BCUT2D eigenvalue weighted by Gasteiger charge is -2.37. The summed E-state index contributed by atoms with van der Waals surface area (Å²) in [6, 6.07) is 21.1. The maximum atomic E-state index is 9.91. The van der Waals surface area contributed by atoms with Crippen molar-refractivity contribution in [1.29, 1.82) is 0 Å². The van der Waals surface area contributed by atoms with Crippen LogP contribution < -0.4 is 14.4 Å². The van der Waals surface area contributed by atoms with E-state index >= 15 is 0 Å². The Bertz CT molecular complexity index is 1250. The Kier molecular flexibility index (Phi) is 8.37. The fourth-order valence-corrected chi connectivity index (χ4v) is 6.12. The minimum absolute atomic E-state index is 0.257. The molecule has 1 N–H and O–H groups in total. The highest BCUT2D eigenvalue weighted by atomic mass is 16.5. The minimum atomic E-state index is 0.257. The molecule has 5 nitrogen and oxygen atoms in total. The van der Waals surface area contributed by atoms with Crippen molar-refractivity contribution in [2.75, 3.05) is 45.3 Å². The normalized spacial score (nSPS) is 18.8. The zero-order valence-corrected chi connectivity index (χ0v) is 24.1. The number of phenolic OH excluding ortho intramolecular Hbond substituents is 1. The van der Waals surface area contributed by atoms with E-state index in [0.29, 0.717) is 11.7 Å². The van der Waals surface area contributed by atoms with Gasteiger partial charge in [-0.05, 0) is 118 Å². The first-order valence-corrected chi connectivity index (χ1v) is 14.5. The quantitative estimate of drug-likeness (QED) is 0.331.